The predicted molar refractivity (Wildman–Crippen MR) is 133 cm³/mol. The van der Waals surface area contributed by atoms with Gasteiger partial charge >= 0.3 is 12.0 Å². The molecule has 2 aliphatic carbocycles. The highest BCUT2D eigenvalue weighted by molar-refractivity contribution is 6.30. The maximum atomic E-state index is 13.3. The highest BCUT2D eigenvalue weighted by Gasteiger charge is 2.50. The molecule has 2 saturated carbocycles. The molecule has 34 heavy (non-hydrogen) atoms. The number of benzene rings is 2. The third-order valence-electron chi connectivity index (χ3n) is 7.74. The fraction of sp³-hybridized carbons (Fsp3) is 0.444. The first-order valence-corrected chi connectivity index (χ1v) is 12.4. The predicted octanol–water partition coefficient (Wildman–Crippen LogP) is 6.72. The van der Waals surface area contributed by atoms with Crippen molar-refractivity contribution in [2.24, 2.45) is 17.3 Å². The summed E-state index contributed by atoms with van der Waals surface area (Å²) in [6.45, 7) is 1.94. The van der Waals surface area contributed by atoms with Gasteiger partial charge in [-0.1, -0.05) is 30.7 Å². The minimum atomic E-state index is -0.877. The van der Waals surface area contributed by atoms with Crippen molar-refractivity contribution in [2.75, 3.05) is 10.6 Å². The second-order valence-electron chi connectivity index (χ2n) is 9.69. The van der Waals surface area contributed by atoms with Crippen LogP contribution in [0.15, 0.2) is 48.5 Å². The molecule has 4 rings (SSSR count). The van der Waals surface area contributed by atoms with Crippen LogP contribution in [0.5, 0.6) is 0 Å². The van der Waals surface area contributed by atoms with Crippen molar-refractivity contribution < 1.29 is 19.5 Å². The van der Waals surface area contributed by atoms with Crippen molar-refractivity contribution in [1.29, 1.82) is 0 Å². The number of carboxylic acids is 1. The zero-order valence-corrected chi connectivity index (χ0v) is 20.1. The summed E-state index contributed by atoms with van der Waals surface area (Å²) in [5, 5.41) is 15.6. The van der Waals surface area contributed by atoms with Gasteiger partial charge in [-0.3, -0.25) is 9.59 Å². The van der Waals surface area contributed by atoms with Crippen molar-refractivity contribution in [2.45, 2.75) is 57.8 Å². The molecule has 7 heteroatoms. The fourth-order valence-corrected chi connectivity index (χ4v) is 5.94. The highest BCUT2D eigenvalue weighted by Crippen LogP contribution is 2.51. The molecule has 2 aromatic carbocycles. The van der Waals surface area contributed by atoms with Crippen molar-refractivity contribution in [3.05, 3.63) is 59.1 Å². The first-order valence-electron chi connectivity index (χ1n) is 12.0. The van der Waals surface area contributed by atoms with Crippen LogP contribution in [-0.4, -0.2) is 22.9 Å². The van der Waals surface area contributed by atoms with Crippen LogP contribution < -0.4 is 10.6 Å². The zero-order valence-electron chi connectivity index (χ0n) is 19.4. The standard InChI is InChI=1S/C27H31ClN2O4/c1-2-27(16-24(31)32)14-13-19-15-18(5-12-23(19)25(27)33)17-3-8-21(9-4-17)29-26(34)30-22-10-6-20(28)7-11-22/h3-4,6-11,18-19,23H,2,5,12-16H2,1H3,(H,31,32)(H2,29,30,34). The largest absolute Gasteiger partial charge is 0.481 e. The summed E-state index contributed by atoms with van der Waals surface area (Å²) in [6.07, 6.45) is 4.84. The molecule has 4 atom stereocenters. The van der Waals surface area contributed by atoms with Crippen LogP contribution in [0.4, 0.5) is 16.2 Å². The van der Waals surface area contributed by atoms with E-state index in [4.69, 9.17) is 11.6 Å². The fourth-order valence-electron chi connectivity index (χ4n) is 5.82. The van der Waals surface area contributed by atoms with Gasteiger partial charge in [0.1, 0.15) is 5.78 Å². The third-order valence-corrected chi connectivity index (χ3v) is 8.00. The molecule has 0 saturated heterocycles. The Hall–Kier alpha value is -2.86. The monoisotopic (exact) mass is 482 g/mol. The number of fused-ring (bicyclic) bond motifs is 1. The average molecular weight is 483 g/mol. The van der Waals surface area contributed by atoms with Crippen molar-refractivity contribution >= 4 is 40.8 Å². The summed E-state index contributed by atoms with van der Waals surface area (Å²) < 4.78 is 0. The van der Waals surface area contributed by atoms with Gasteiger partial charge in [-0.15, -0.1) is 0 Å². The molecule has 0 spiro atoms. The maximum absolute atomic E-state index is 13.3. The summed E-state index contributed by atoms with van der Waals surface area (Å²) >= 11 is 5.87. The number of carbonyl (C=O) groups is 3. The van der Waals surface area contributed by atoms with E-state index in [0.29, 0.717) is 41.1 Å². The maximum Gasteiger partial charge on any atom is 0.323 e. The molecule has 4 unspecified atom stereocenters. The summed E-state index contributed by atoms with van der Waals surface area (Å²) in [6, 6.07) is 14.5. The van der Waals surface area contributed by atoms with Gasteiger partial charge in [-0.05, 0) is 92.3 Å². The van der Waals surface area contributed by atoms with E-state index in [1.54, 1.807) is 24.3 Å². The zero-order chi connectivity index (χ0) is 24.3. The lowest BCUT2D eigenvalue weighted by Gasteiger charge is -2.46. The van der Waals surface area contributed by atoms with E-state index in [9.17, 15) is 19.5 Å². The Morgan fingerprint density at radius 1 is 1.00 bits per heavy atom. The number of carboxylic acid groups (broad SMARTS) is 1. The first-order chi connectivity index (χ1) is 16.3. The minimum Gasteiger partial charge on any atom is -0.481 e. The highest BCUT2D eigenvalue weighted by atomic mass is 35.5. The van der Waals surface area contributed by atoms with Crippen molar-refractivity contribution in [3.63, 3.8) is 0 Å². The topological polar surface area (TPSA) is 95.5 Å². The molecule has 0 aliphatic heterocycles. The van der Waals surface area contributed by atoms with Gasteiger partial charge in [0.25, 0.3) is 0 Å². The number of urea groups is 1. The minimum absolute atomic E-state index is 0.0122. The number of hydrogen-bond donors (Lipinski definition) is 3. The Labute approximate surface area is 205 Å². The van der Waals surface area contributed by atoms with Crippen molar-refractivity contribution in [1.82, 2.24) is 0 Å². The lowest BCUT2D eigenvalue weighted by Crippen LogP contribution is -2.46. The summed E-state index contributed by atoms with van der Waals surface area (Å²) in [5.41, 5.74) is 1.90. The third kappa shape index (κ3) is 5.27. The number of nitrogens with one attached hydrogen (secondary N) is 2. The molecule has 3 N–H and O–H groups in total. The Kier molecular flexibility index (Phi) is 7.27. The molecular formula is C27H31ClN2O4. The summed E-state index contributed by atoms with van der Waals surface area (Å²) in [7, 11) is 0. The Balaban J connectivity index is 1.35. The number of ketones is 1. The number of rotatable bonds is 6. The Morgan fingerprint density at radius 3 is 2.21 bits per heavy atom. The molecule has 2 aromatic rings. The van der Waals surface area contributed by atoms with E-state index in [1.165, 1.54) is 5.56 Å². The van der Waals surface area contributed by atoms with Gasteiger partial charge in [-0.2, -0.15) is 0 Å². The van der Waals surface area contributed by atoms with Crippen LogP contribution >= 0.6 is 11.6 Å². The lowest BCUT2D eigenvalue weighted by molar-refractivity contribution is -0.151. The second-order valence-corrected chi connectivity index (χ2v) is 10.1. The van der Waals surface area contributed by atoms with Gasteiger partial charge in [0.15, 0.2) is 0 Å². The number of amides is 2. The SMILES string of the molecule is CCC1(CC(=O)O)CCC2CC(c3ccc(NC(=O)Nc4ccc(Cl)cc4)cc3)CCC2C1=O. The lowest BCUT2D eigenvalue weighted by atomic mass is 9.56. The van der Waals surface area contributed by atoms with Crippen LogP contribution in [0.25, 0.3) is 0 Å². The molecule has 2 amide bonds. The molecule has 0 heterocycles. The summed E-state index contributed by atoms with van der Waals surface area (Å²) in [4.78, 5) is 36.9. The van der Waals surface area contributed by atoms with E-state index in [1.807, 2.05) is 31.2 Å². The van der Waals surface area contributed by atoms with Crippen LogP contribution in [0.2, 0.25) is 5.02 Å². The molecule has 0 aromatic heterocycles. The normalized spacial score (nSPS) is 26.4. The van der Waals surface area contributed by atoms with Gasteiger partial charge < -0.3 is 15.7 Å². The van der Waals surface area contributed by atoms with Crippen LogP contribution in [-0.2, 0) is 9.59 Å². The molecule has 2 fully saturated rings. The molecule has 2 aliphatic rings. The van der Waals surface area contributed by atoms with E-state index in [0.717, 1.165) is 25.7 Å². The number of anilines is 2. The molecule has 180 valence electrons. The van der Waals surface area contributed by atoms with Gasteiger partial charge in [0.2, 0.25) is 0 Å². The van der Waals surface area contributed by atoms with Crippen LogP contribution in [0.3, 0.4) is 0 Å². The van der Waals surface area contributed by atoms with Crippen LogP contribution in [0.1, 0.15) is 63.4 Å². The number of Topliss-reactive ketones (excluding diaryl/α,β-unsaturated/α-hetero) is 1. The number of carbonyl (C=O) groups excluding carboxylic acids is 2. The van der Waals surface area contributed by atoms with Gasteiger partial charge in [0.05, 0.1) is 6.42 Å². The van der Waals surface area contributed by atoms with E-state index >= 15 is 0 Å². The van der Waals surface area contributed by atoms with Crippen molar-refractivity contribution in [3.8, 4) is 0 Å². The number of halogens is 1. The average Bonchev–Trinajstić information content (AvgIpc) is 2.82. The summed E-state index contributed by atoms with van der Waals surface area (Å²) in [5.74, 6) is -0.0136. The van der Waals surface area contributed by atoms with Gasteiger partial charge in [0, 0.05) is 27.7 Å². The number of hydrogen-bond acceptors (Lipinski definition) is 3. The molecular weight excluding hydrogens is 452 g/mol. The molecule has 6 nitrogen and oxygen atoms in total. The first kappa shape index (κ1) is 24.3. The quantitative estimate of drug-likeness (QED) is 0.426. The molecule has 0 bridgehead atoms. The number of aliphatic carboxylic acids is 1. The Morgan fingerprint density at radius 2 is 1.62 bits per heavy atom. The smallest absolute Gasteiger partial charge is 0.323 e. The van der Waals surface area contributed by atoms with Crippen LogP contribution in [0, 0.1) is 17.3 Å². The Bertz CT molecular complexity index is 1050. The molecule has 0 radical (unpaired) electrons. The second kappa shape index (κ2) is 10.2. The van der Waals surface area contributed by atoms with E-state index in [-0.39, 0.29) is 24.2 Å². The van der Waals surface area contributed by atoms with E-state index in [2.05, 4.69) is 10.6 Å². The van der Waals surface area contributed by atoms with Gasteiger partial charge in [-0.25, -0.2) is 4.79 Å². The van der Waals surface area contributed by atoms with E-state index < -0.39 is 11.4 Å².